The lowest BCUT2D eigenvalue weighted by molar-refractivity contribution is -0.121. The second-order valence-electron chi connectivity index (χ2n) is 7.69. The fraction of sp³-hybridized carbons (Fsp3) is 0.409. The summed E-state index contributed by atoms with van der Waals surface area (Å²) in [5.74, 6) is 0.956. The lowest BCUT2D eigenvalue weighted by atomic mass is 10.2. The van der Waals surface area contributed by atoms with Crippen LogP contribution in [0.15, 0.2) is 30.3 Å². The van der Waals surface area contributed by atoms with Crippen molar-refractivity contribution in [2.24, 2.45) is 0 Å². The third-order valence-corrected chi connectivity index (χ3v) is 6.55. The van der Waals surface area contributed by atoms with Crippen LogP contribution in [0.2, 0.25) is 10.0 Å². The molecule has 0 aliphatic carbocycles. The monoisotopic (exact) mass is 479 g/mol. The van der Waals surface area contributed by atoms with Gasteiger partial charge in [0.1, 0.15) is 16.2 Å². The number of nitrogens with zero attached hydrogens (tertiary/aromatic N) is 4. The van der Waals surface area contributed by atoms with Gasteiger partial charge in [-0.05, 0) is 49.8 Å². The molecule has 31 heavy (non-hydrogen) atoms. The smallest absolute Gasteiger partial charge is 0.220 e. The summed E-state index contributed by atoms with van der Waals surface area (Å²) in [5.41, 5.74) is 2.00. The van der Waals surface area contributed by atoms with Gasteiger partial charge in [0.15, 0.2) is 0 Å². The number of carbonyl (C=O) groups excluding carboxylic acids is 1. The fourth-order valence-corrected chi connectivity index (χ4v) is 4.37. The second-order valence-corrected chi connectivity index (χ2v) is 9.56. The molecule has 1 aromatic carbocycles. The van der Waals surface area contributed by atoms with Crippen molar-refractivity contribution < 1.29 is 4.79 Å². The van der Waals surface area contributed by atoms with E-state index in [1.54, 1.807) is 11.3 Å². The number of aromatic nitrogens is 2. The molecule has 1 amide bonds. The SMILES string of the molecule is CN(CCCNC(=O)CCc1nc2ccc(N(C)C)nc2s1)Cc1ccc(Cl)c(Cl)c1. The minimum Gasteiger partial charge on any atom is -0.363 e. The maximum atomic E-state index is 12.2. The number of benzene rings is 1. The van der Waals surface area contributed by atoms with E-state index in [-0.39, 0.29) is 5.91 Å². The standard InChI is InChI=1S/C22H27Cl2N5OS/c1-28(2)19-8-7-18-22(27-19)31-21(26-18)10-9-20(30)25-11-4-12-29(3)14-15-5-6-16(23)17(24)13-15/h5-8,13H,4,9-12,14H2,1-3H3,(H,25,30). The number of hydrogen-bond acceptors (Lipinski definition) is 6. The Labute approximate surface area is 197 Å². The van der Waals surface area contributed by atoms with Crippen LogP contribution in [0.25, 0.3) is 10.3 Å². The van der Waals surface area contributed by atoms with Gasteiger partial charge in [0.05, 0.1) is 15.1 Å². The predicted octanol–water partition coefficient (Wildman–Crippen LogP) is 4.64. The van der Waals surface area contributed by atoms with Crippen LogP contribution in [-0.2, 0) is 17.8 Å². The summed E-state index contributed by atoms with van der Waals surface area (Å²) in [7, 11) is 5.98. The number of hydrogen-bond donors (Lipinski definition) is 1. The number of fused-ring (bicyclic) bond motifs is 1. The normalized spacial score (nSPS) is 11.3. The minimum absolute atomic E-state index is 0.0494. The van der Waals surface area contributed by atoms with Gasteiger partial charge in [0.2, 0.25) is 5.91 Å². The van der Waals surface area contributed by atoms with Gasteiger partial charge in [-0.15, -0.1) is 0 Å². The third-order valence-electron chi connectivity index (χ3n) is 4.78. The topological polar surface area (TPSA) is 61.4 Å². The molecular formula is C22H27Cl2N5OS. The summed E-state index contributed by atoms with van der Waals surface area (Å²) in [5, 5.41) is 5.07. The second kappa shape index (κ2) is 11.1. The van der Waals surface area contributed by atoms with Crippen molar-refractivity contribution in [2.75, 3.05) is 39.1 Å². The van der Waals surface area contributed by atoms with Crippen LogP contribution in [0.5, 0.6) is 0 Å². The quantitative estimate of drug-likeness (QED) is 0.429. The first-order valence-electron chi connectivity index (χ1n) is 10.1. The number of halogens is 2. The Morgan fingerprint density at radius 1 is 1.10 bits per heavy atom. The number of carbonyl (C=O) groups is 1. The molecule has 1 N–H and O–H groups in total. The number of amides is 1. The van der Waals surface area contributed by atoms with Crippen molar-refractivity contribution >= 4 is 56.6 Å². The largest absolute Gasteiger partial charge is 0.363 e. The van der Waals surface area contributed by atoms with E-state index in [4.69, 9.17) is 23.2 Å². The molecule has 0 bridgehead atoms. The Bertz CT molecular complexity index is 1040. The Hall–Kier alpha value is -1.93. The zero-order valence-electron chi connectivity index (χ0n) is 18.0. The van der Waals surface area contributed by atoms with Gasteiger partial charge in [0.25, 0.3) is 0 Å². The molecule has 6 nitrogen and oxygen atoms in total. The van der Waals surface area contributed by atoms with Crippen molar-refractivity contribution in [1.82, 2.24) is 20.2 Å². The maximum Gasteiger partial charge on any atom is 0.220 e. The molecule has 9 heteroatoms. The molecule has 2 heterocycles. The highest BCUT2D eigenvalue weighted by molar-refractivity contribution is 7.18. The van der Waals surface area contributed by atoms with Crippen molar-refractivity contribution in [2.45, 2.75) is 25.8 Å². The first-order chi connectivity index (χ1) is 14.8. The average Bonchev–Trinajstić information content (AvgIpc) is 3.14. The van der Waals surface area contributed by atoms with E-state index in [1.165, 1.54) is 0 Å². The third kappa shape index (κ3) is 7.04. The summed E-state index contributed by atoms with van der Waals surface area (Å²) in [6, 6.07) is 9.62. The van der Waals surface area contributed by atoms with Crippen LogP contribution in [0.3, 0.4) is 0 Å². The number of rotatable bonds is 10. The fourth-order valence-electron chi connectivity index (χ4n) is 3.12. The first kappa shape index (κ1) is 23.7. The Morgan fingerprint density at radius 3 is 2.65 bits per heavy atom. The lowest BCUT2D eigenvalue weighted by Crippen LogP contribution is -2.28. The van der Waals surface area contributed by atoms with Crippen LogP contribution in [0.4, 0.5) is 5.82 Å². The van der Waals surface area contributed by atoms with E-state index < -0.39 is 0 Å². The summed E-state index contributed by atoms with van der Waals surface area (Å²) in [4.78, 5) is 26.4. The zero-order valence-corrected chi connectivity index (χ0v) is 20.3. The van der Waals surface area contributed by atoms with E-state index in [2.05, 4.69) is 20.2 Å². The molecule has 0 aliphatic rings. The Morgan fingerprint density at radius 2 is 1.90 bits per heavy atom. The molecule has 2 aromatic heterocycles. The predicted molar refractivity (Wildman–Crippen MR) is 130 cm³/mol. The molecule has 0 fully saturated rings. The van der Waals surface area contributed by atoms with Crippen molar-refractivity contribution in [3.05, 3.63) is 50.9 Å². The number of thiazole rings is 1. The highest BCUT2D eigenvalue weighted by Crippen LogP contribution is 2.24. The number of pyridine rings is 1. The van der Waals surface area contributed by atoms with E-state index in [0.717, 1.165) is 46.2 Å². The van der Waals surface area contributed by atoms with Gasteiger partial charge < -0.3 is 15.1 Å². The van der Waals surface area contributed by atoms with Crippen molar-refractivity contribution in [3.8, 4) is 0 Å². The molecule has 3 rings (SSSR count). The zero-order chi connectivity index (χ0) is 22.4. The van der Waals surface area contributed by atoms with E-state index >= 15 is 0 Å². The molecule has 3 aromatic rings. The first-order valence-corrected chi connectivity index (χ1v) is 11.7. The number of nitrogens with one attached hydrogen (secondary N) is 1. The molecule has 0 unspecified atom stereocenters. The van der Waals surface area contributed by atoms with Gasteiger partial charge in [-0.2, -0.15) is 0 Å². The summed E-state index contributed by atoms with van der Waals surface area (Å²) < 4.78 is 0. The molecule has 0 saturated carbocycles. The molecule has 166 valence electrons. The number of anilines is 1. The summed E-state index contributed by atoms with van der Waals surface area (Å²) in [6.45, 7) is 2.31. The molecule has 0 saturated heterocycles. The van der Waals surface area contributed by atoms with Gasteiger partial charge in [-0.25, -0.2) is 9.97 Å². The number of aryl methyl sites for hydroxylation is 1. The van der Waals surface area contributed by atoms with Crippen LogP contribution in [0.1, 0.15) is 23.4 Å². The minimum atomic E-state index is 0.0494. The van der Waals surface area contributed by atoms with E-state index in [1.807, 2.05) is 56.4 Å². The summed E-state index contributed by atoms with van der Waals surface area (Å²) >= 11 is 13.6. The van der Waals surface area contributed by atoms with Crippen LogP contribution < -0.4 is 10.2 Å². The molecule has 0 radical (unpaired) electrons. The lowest BCUT2D eigenvalue weighted by Gasteiger charge is -2.17. The molecule has 0 aliphatic heterocycles. The Kier molecular flexibility index (Phi) is 8.49. The van der Waals surface area contributed by atoms with Crippen molar-refractivity contribution in [3.63, 3.8) is 0 Å². The highest BCUT2D eigenvalue weighted by Gasteiger charge is 2.10. The molecular weight excluding hydrogens is 453 g/mol. The Balaban J connectivity index is 1.36. The van der Waals surface area contributed by atoms with Gasteiger partial charge in [-0.3, -0.25) is 4.79 Å². The van der Waals surface area contributed by atoms with Gasteiger partial charge >= 0.3 is 0 Å². The van der Waals surface area contributed by atoms with E-state index in [9.17, 15) is 4.79 Å². The molecule has 0 atom stereocenters. The van der Waals surface area contributed by atoms with Crippen molar-refractivity contribution in [1.29, 1.82) is 0 Å². The van der Waals surface area contributed by atoms with Crippen LogP contribution >= 0.6 is 34.5 Å². The highest BCUT2D eigenvalue weighted by atomic mass is 35.5. The van der Waals surface area contributed by atoms with E-state index in [0.29, 0.717) is 29.4 Å². The van der Waals surface area contributed by atoms with Gasteiger partial charge in [0, 0.05) is 40.0 Å². The van der Waals surface area contributed by atoms with Gasteiger partial charge in [-0.1, -0.05) is 40.6 Å². The average molecular weight is 480 g/mol. The maximum absolute atomic E-state index is 12.2. The van der Waals surface area contributed by atoms with Crippen LogP contribution in [0, 0.1) is 0 Å². The van der Waals surface area contributed by atoms with Crippen LogP contribution in [-0.4, -0.2) is 55.0 Å². The summed E-state index contributed by atoms with van der Waals surface area (Å²) in [6.07, 6.45) is 1.93. The molecule has 0 spiro atoms.